The zero-order valence-corrected chi connectivity index (χ0v) is 14.0. The predicted molar refractivity (Wildman–Crippen MR) is 84.2 cm³/mol. The summed E-state index contributed by atoms with van der Waals surface area (Å²) in [4.78, 5) is 37.0. The maximum atomic E-state index is 12.5. The molecule has 2 atom stereocenters. The van der Waals surface area contributed by atoms with E-state index in [0.717, 1.165) is 0 Å². The fourth-order valence-corrected chi connectivity index (χ4v) is 3.41. The van der Waals surface area contributed by atoms with Gasteiger partial charge < -0.3 is 18.9 Å². The summed E-state index contributed by atoms with van der Waals surface area (Å²) in [6.45, 7) is 3.77. The number of fused-ring (bicyclic) bond motifs is 5. The van der Waals surface area contributed by atoms with Crippen molar-refractivity contribution < 1.29 is 33.3 Å². The van der Waals surface area contributed by atoms with Gasteiger partial charge in [0.1, 0.15) is 6.10 Å². The van der Waals surface area contributed by atoms with E-state index in [1.165, 1.54) is 21.3 Å². The van der Waals surface area contributed by atoms with Crippen LogP contribution < -0.4 is 0 Å². The molecule has 0 radical (unpaired) electrons. The Labute approximate surface area is 143 Å². The van der Waals surface area contributed by atoms with Gasteiger partial charge in [0.2, 0.25) is 0 Å². The summed E-state index contributed by atoms with van der Waals surface area (Å²) in [5.74, 6) is -2.30. The van der Waals surface area contributed by atoms with E-state index in [-0.39, 0.29) is 16.7 Å². The maximum Gasteiger partial charge on any atom is 0.338 e. The number of benzene rings is 1. The van der Waals surface area contributed by atoms with Gasteiger partial charge in [0.25, 0.3) is 0 Å². The molecule has 2 unspecified atom stereocenters. The van der Waals surface area contributed by atoms with Gasteiger partial charge in [-0.15, -0.1) is 0 Å². The van der Waals surface area contributed by atoms with Crippen LogP contribution >= 0.6 is 0 Å². The topological polar surface area (TPSA) is 88.1 Å². The van der Waals surface area contributed by atoms with Crippen molar-refractivity contribution in [3.63, 3.8) is 0 Å². The van der Waals surface area contributed by atoms with Crippen molar-refractivity contribution >= 4 is 17.9 Å². The van der Waals surface area contributed by atoms with E-state index in [2.05, 4.69) is 6.58 Å². The molecule has 0 aliphatic carbocycles. The van der Waals surface area contributed by atoms with Crippen LogP contribution in [0.1, 0.15) is 17.2 Å². The Morgan fingerprint density at radius 3 is 2.28 bits per heavy atom. The van der Waals surface area contributed by atoms with Crippen LogP contribution in [0.3, 0.4) is 0 Å². The lowest BCUT2D eigenvalue weighted by atomic mass is 9.73. The molecule has 0 amide bonds. The normalized spacial score (nSPS) is 23.1. The maximum absolute atomic E-state index is 12.5. The number of rotatable bonds is 4. The minimum atomic E-state index is -1.65. The van der Waals surface area contributed by atoms with Crippen LogP contribution in [0.15, 0.2) is 47.6 Å². The smallest absolute Gasteiger partial charge is 0.338 e. The van der Waals surface area contributed by atoms with Crippen molar-refractivity contribution in [1.82, 2.24) is 0 Å². The molecule has 2 heterocycles. The second kappa shape index (κ2) is 5.86. The lowest BCUT2D eigenvalue weighted by Gasteiger charge is -2.29. The first-order valence-electron chi connectivity index (χ1n) is 7.40. The van der Waals surface area contributed by atoms with Gasteiger partial charge in [0.05, 0.1) is 38.0 Å². The van der Waals surface area contributed by atoms with Gasteiger partial charge in [0.15, 0.2) is 5.60 Å². The van der Waals surface area contributed by atoms with Gasteiger partial charge in [-0.3, -0.25) is 0 Å². The number of hydrogen-bond acceptors (Lipinski definition) is 7. The molecule has 0 aromatic heterocycles. The fraction of sp³-hybridized carbons (Fsp3) is 0.278. The molecular formula is C18H16O7. The first-order valence-corrected chi connectivity index (χ1v) is 7.40. The highest BCUT2D eigenvalue weighted by atomic mass is 16.6. The summed E-state index contributed by atoms with van der Waals surface area (Å²) in [6, 6.07) is 6.97. The van der Waals surface area contributed by atoms with E-state index in [4.69, 9.17) is 18.9 Å². The molecule has 25 heavy (non-hydrogen) atoms. The van der Waals surface area contributed by atoms with Gasteiger partial charge >= 0.3 is 17.9 Å². The van der Waals surface area contributed by atoms with Crippen LogP contribution in [-0.2, 0) is 38.9 Å². The summed E-state index contributed by atoms with van der Waals surface area (Å²) in [6.07, 6.45) is -0.862. The minimum absolute atomic E-state index is 0.00176. The molecule has 2 bridgehead atoms. The van der Waals surface area contributed by atoms with Gasteiger partial charge in [-0.2, -0.15) is 0 Å². The van der Waals surface area contributed by atoms with E-state index in [9.17, 15) is 14.4 Å². The summed E-state index contributed by atoms with van der Waals surface area (Å²) in [7, 11) is 3.57. The first-order chi connectivity index (χ1) is 11.9. The third kappa shape index (κ3) is 2.05. The van der Waals surface area contributed by atoms with Gasteiger partial charge in [-0.25, -0.2) is 14.4 Å². The van der Waals surface area contributed by atoms with Crippen molar-refractivity contribution in [3.8, 4) is 0 Å². The zero-order chi connectivity index (χ0) is 18.4. The van der Waals surface area contributed by atoms with Gasteiger partial charge in [-0.1, -0.05) is 30.8 Å². The number of carbonyl (C=O) groups is 3. The highest BCUT2D eigenvalue weighted by Gasteiger charge is 2.63. The molecule has 0 N–H and O–H groups in total. The Balaban J connectivity index is 2.35. The molecule has 0 saturated carbocycles. The zero-order valence-electron chi connectivity index (χ0n) is 14.0. The Kier molecular flexibility index (Phi) is 3.96. The van der Waals surface area contributed by atoms with Crippen LogP contribution in [0.25, 0.3) is 0 Å². The standard InChI is InChI=1S/C18H16O7/c1-9(15(19)22-2)18-11-8-6-5-7-10(11)14(25-18)12(16(20)23-3)13(18)17(21)24-4/h5-8,14H,1H2,2-4H3. The molecular weight excluding hydrogens is 328 g/mol. The fourth-order valence-electron chi connectivity index (χ4n) is 3.41. The molecule has 1 aromatic rings. The minimum Gasteiger partial charge on any atom is -0.466 e. The predicted octanol–water partition coefficient (Wildman–Crippen LogP) is 1.34. The molecule has 7 nitrogen and oxygen atoms in total. The van der Waals surface area contributed by atoms with Crippen LogP contribution in [0.4, 0.5) is 0 Å². The highest BCUT2D eigenvalue weighted by molar-refractivity contribution is 6.08. The number of esters is 3. The molecule has 2 aliphatic heterocycles. The number of ether oxygens (including phenoxy) is 4. The monoisotopic (exact) mass is 344 g/mol. The first kappa shape index (κ1) is 16.9. The third-order valence-corrected chi connectivity index (χ3v) is 4.45. The van der Waals surface area contributed by atoms with E-state index >= 15 is 0 Å². The quantitative estimate of drug-likeness (QED) is 0.463. The lowest BCUT2D eigenvalue weighted by molar-refractivity contribution is -0.141. The Morgan fingerprint density at radius 2 is 1.68 bits per heavy atom. The largest absolute Gasteiger partial charge is 0.466 e. The lowest BCUT2D eigenvalue weighted by Crippen LogP contribution is -2.37. The summed E-state index contributed by atoms with van der Waals surface area (Å²) >= 11 is 0. The average Bonchev–Trinajstić information content (AvgIpc) is 3.18. The molecule has 0 spiro atoms. The van der Waals surface area contributed by atoms with Crippen molar-refractivity contribution in [2.75, 3.05) is 21.3 Å². The summed E-state index contributed by atoms with van der Waals surface area (Å²) < 4.78 is 20.4. The van der Waals surface area contributed by atoms with Crippen molar-refractivity contribution in [1.29, 1.82) is 0 Å². The van der Waals surface area contributed by atoms with Gasteiger partial charge in [0, 0.05) is 0 Å². The van der Waals surface area contributed by atoms with E-state index in [0.29, 0.717) is 11.1 Å². The van der Waals surface area contributed by atoms with Crippen molar-refractivity contribution in [2.45, 2.75) is 11.7 Å². The second-order valence-electron chi connectivity index (χ2n) is 5.51. The number of methoxy groups -OCH3 is 3. The van der Waals surface area contributed by atoms with Crippen LogP contribution in [-0.4, -0.2) is 39.2 Å². The van der Waals surface area contributed by atoms with Crippen LogP contribution in [0.2, 0.25) is 0 Å². The van der Waals surface area contributed by atoms with Crippen molar-refractivity contribution in [2.24, 2.45) is 0 Å². The van der Waals surface area contributed by atoms with E-state index < -0.39 is 29.6 Å². The molecule has 0 saturated heterocycles. The van der Waals surface area contributed by atoms with E-state index in [1.807, 2.05) is 0 Å². The Bertz CT molecular complexity index is 836. The number of carbonyl (C=O) groups excluding carboxylic acids is 3. The second-order valence-corrected chi connectivity index (χ2v) is 5.51. The molecule has 130 valence electrons. The highest BCUT2D eigenvalue weighted by Crippen LogP contribution is 2.61. The average molecular weight is 344 g/mol. The molecule has 1 aromatic carbocycles. The summed E-state index contributed by atoms with van der Waals surface area (Å²) in [5.41, 5.74) is -0.683. The molecule has 0 fully saturated rings. The van der Waals surface area contributed by atoms with Crippen LogP contribution in [0.5, 0.6) is 0 Å². The summed E-state index contributed by atoms with van der Waals surface area (Å²) in [5, 5.41) is 0. The number of hydrogen-bond donors (Lipinski definition) is 0. The van der Waals surface area contributed by atoms with Crippen molar-refractivity contribution in [3.05, 3.63) is 58.7 Å². The molecule has 2 aliphatic rings. The SMILES string of the molecule is C=C(C(=O)OC)C12OC(C(C(=O)OC)=C1C(=O)OC)c1ccccc12. The van der Waals surface area contributed by atoms with Gasteiger partial charge in [-0.05, 0) is 11.1 Å². The molecule has 3 rings (SSSR count). The Hall–Kier alpha value is -2.93. The molecule has 7 heteroatoms. The third-order valence-electron chi connectivity index (χ3n) is 4.45. The van der Waals surface area contributed by atoms with E-state index in [1.54, 1.807) is 24.3 Å². The Morgan fingerprint density at radius 1 is 1.04 bits per heavy atom. The van der Waals surface area contributed by atoms with Crippen LogP contribution in [0, 0.1) is 0 Å².